The Hall–Kier alpha value is -4.27. The Labute approximate surface area is 207 Å². The summed E-state index contributed by atoms with van der Waals surface area (Å²) in [6.45, 7) is 3.17. The van der Waals surface area contributed by atoms with Crippen LogP contribution in [0.3, 0.4) is 0 Å². The Kier molecular flexibility index (Phi) is 6.62. The van der Waals surface area contributed by atoms with Gasteiger partial charge in [0.1, 0.15) is 11.5 Å². The molecule has 3 aromatic rings. The van der Waals surface area contributed by atoms with E-state index in [1.165, 1.54) is 0 Å². The van der Waals surface area contributed by atoms with Crippen LogP contribution in [-0.2, 0) is 27.3 Å². The van der Waals surface area contributed by atoms with Crippen LogP contribution in [0.5, 0.6) is 11.5 Å². The summed E-state index contributed by atoms with van der Waals surface area (Å²) in [6.07, 6.45) is 0.687. The molecule has 0 radical (unpaired) electrons. The second kappa shape index (κ2) is 10.2. The highest BCUT2D eigenvalue weighted by atomic mass is 16.7. The average Bonchev–Trinajstić information content (AvgIpc) is 3.53. The van der Waals surface area contributed by atoms with Crippen molar-refractivity contribution in [3.8, 4) is 22.8 Å². The van der Waals surface area contributed by atoms with E-state index in [9.17, 15) is 14.4 Å². The largest absolute Gasteiger partial charge is 0.466 e. The van der Waals surface area contributed by atoms with Crippen LogP contribution in [0.1, 0.15) is 41.4 Å². The molecule has 2 amide bonds. The number of amides is 2. The monoisotopic (exact) mass is 490 g/mol. The maximum atomic E-state index is 13.1. The van der Waals surface area contributed by atoms with Crippen molar-refractivity contribution in [1.82, 2.24) is 4.90 Å². The van der Waals surface area contributed by atoms with Gasteiger partial charge in [-0.05, 0) is 43.3 Å². The summed E-state index contributed by atoms with van der Waals surface area (Å²) in [7, 11) is 0. The fraction of sp³-hybridized carbons (Fsp3) is 0.296. The van der Waals surface area contributed by atoms with Gasteiger partial charge in [-0.3, -0.25) is 14.4 Å². The number of ether oxygens (including phenoxy) is 3. The van der Waals surface area contributed by atoms with Crippen molar-refractivity contribution < 1.29 is 33.0 Å². The number of nitrogens with one attached hydrogen (secondary N) is 1. The SMILES string of the molecule is CCOC(=O)CCC(=O)Nc1cccc(-c2cc3c(o2)CCN(C(=O)c2ccc4c(c2)OCO4)C3)c1. The summed E-state index contributed by atoms with van der Waals surface area (Å²) in [4.78, 5) is 38.6. The second-order valence-corrected chi connectivity index (χ2v) is 8.54. The number of carbonyl (C=O) groups is 3. The fourth-order valence-corrected chi connectivity index (χ4v) is 4.28. The van der Waals surface area contributed by atoms with Gasteiger partial charge < -0.3 is 28.8 Å². The molecule has 3 heterocycles. The number of rotatable bonds is 7. The first-order chi connectivity index (χ1) is 17.5. The van der Waals surface area contributed by atoms with E-state index in [-0.39, 0.29) is 31.4 Å². The lowest BCUT2D eigenvalue weighted by atomic mass is 10.1. The van der Waals surface area contributed by atoms with E-state index in [0.29, 0.717) is 54.6 Å². The van der Waals surface area contributed by atoms with E-state index in [1.54, 1.807) is 36.1 Å². The summed E-state index contributed by atoms with van der Waals surface area (Å²) >= 11 is 0. The van der Waals surface area contributed by atoms with Gasteiger partial charge >= 0.3 is 5.97 Å². The first-order valence-corrected chi connectivity index (χ1v) is 11.9. The summed E-state index contributed by atoms with van der Waals surface area (Å²) < 4.78 is 21.7. The van der Waals surface area contributed by atoms with E-state index < -0.39 is 5.97 Å². The molecule has 2 aliphatic heterocycles. The van der Waals surface area contributed by atoms with Crippen LogP contribution in [0.4, 0.5) is 5.69 Å². The molecule has 1 N–H and O–H groups in total. The standard InChI is InChI=1S/C27H26N2O7/c1-2-33-26(31)9-8-25(30)28-20-5-3-4-17(12-20)23-14-19-15-29(11-10-21(19)36-23)27(32)18-6-7-22-24(13-18)35-16-34-22/h3-7,12-14H,2,8-11,15-16H2,1H3,(H,28,30). The van der Waals surface area contributed by atoms with Crippen LogP contribution in [0.2, 0.25) is 0 Å². The lowest BCUT2D eigenvalue weighted by Gasteiger charge is -2.26. The van der Waals surface area contributed by atoms with Crippen LogP contribution >= 0.6 is 0 Å². The minimum absolute atomic E-state index is 0.0335. The maximum Gasteiger partial charge on any atom is 0.306 e. The highest BCUT2D eigenvalue weighted by molar-refractivity contribution is 5.95. The zero-order valence-corrected chi connectivity index (χ0v) is 19.9. The van der Waals surface area contributed by atoms with Gasteiger partial charge in [0, 0.05) is 48.3 Å². The van der Waals surface area contributed by atoms with Crippen molar-refractivity contribution in [3.05, 3.63) is 65.4 Å². The van der Waals surface area contributed by atoms with Crippen molar-refractivity contribution in [2.45, 2.75) is 32.7 Å². The molecule has 2 aromatic carbocycles. The average molecular weight is 491 g/mol. The summed E-state index contributed by atoms with van der Waals surface area (Å²) in [5, 5.41) is 2.81. The van der Waals surface area contributed by atoms with Gasteiger partial charge in [-0.25, -0.2) is 0 Å². The Morgan fingerprint density at radius 2 is 1.89 bits per heavy atom. The molecular formula is C27H26N2O7. The number of carbonyl (C=O) groups excluding carboxylic acids is 3. The molecule has 0 fully saturated rings. The molecule has 2 aliphatic rings. The maximum absolute atomic E-state index is 13.1. The Balaban J connectivity index is 1.25. The quantitative estimate of drug-likeness (QED) is 0.496. The lowest BCUT2D eigenvalue weighted by Crippen LogP contribution is -2.35. The summed E-state index contributed by atoms with van der Waals surface area (Å²) in [6, 6.07) is 14.5. The van der Waals surface area contributed by atoms with Gasteiger partial charge in [0.15, 0.2) is 11.5 Å². The highest BCUT2D eigenvalue weighted by Crippen LogP contribution is 2.34. The molecule has 9 heteroatoms. The first-order valence-electron chi connectivity index (χ1n) is 11.9. The smallest absolute Gasteiger partial charge is 0.306 e. The number of furan rings is 1. The summed E-state index contributed by atoms with van der Waals surface area (Å²) in [5.41, 5.74) is 2.92. The minimum atomic E-state index is -0.395. The van der Waals surface area contributed by atoms with Gasteiger partial charge in [0.05, 0.1) is 13.0 Å². The van der Waals surface area contributed by atoms with E-state index >= 15 is 0 Å². The molecule has 0 saturated heterocycles. The van der Waals surface area contributed by atoms with Crippen molar-refractivity contribution in [2.24, 2.45) is 0 Å². The van der Waals surface area contributed by atoms with E-state index in [1.807, 2.05) is 24.3 Å². The van der Waals surface area contributed by atoms with Gasteiger partial charge in [-0.15, -0.1) is 0 Å². The van der Waals surface area contributed by atoms with Crippen molar-refractivity contribution >= 4 is 23.5 Å². The molecule has 186 valence electrons. The third-order valence-corrected chi connectivity index (χ3v) is 6.07. The number of benzene rings is 2. The molecule has 0 unspecified atom stereocenters. The van der Waals surface area contributed by atoms with Gasteiger partial charge in [0.25, 0.3) is 5.91 Å². The molecule has 0 atom stereocenters. The number of nitrogens with zero attached hydrogens (tertiary/aromatic N) is 1. The van der Waals surface area contributed by atoms with Crippen LogP contribution < -0.4 is 14.8 Å². The van der Waals surface area contributed by atoms with Crippen LogP contribution in [-0.4, -0.2) is 42.6 Å². The minimum Gasteiger partial charge on any atom is -0.466 e. The van der Waals surface area contributed by atoms with Crippen molar-refractivity contribution in [2.75, 3.05) is 25.3 Å². The molecule has 9 nitrogen and oxygen atoms in total. The zero-order chi connectivity index (χ0) is 25.1. The normalized spacial score (nSPS) is 13.8. The number of esters is 1. The second-order valence-electron chi connectivity index (χ2n) is 8.54. The number of anilines is 1. The van der Waals surface area contributed by atoms with E-state index in [0.717, 1.165) is 16.9 Å². The van der Waals surface area contributed by atoms with Crippen molar-refractivity contribution in [3.63, 3.8) is 0 Å². The molecule has 36 heavy (non-hydrogen) atoms. The van der Waals surface area contributed by atoms with Gasteiger partial charge in [-0.1, -0.05) is 12.1 Å². The van der Waals surface area contributed by atoms with Crippen LogP contribution in [0.15, 0.2) is 52.9 Å². The molecule has 0 saturated carbocycles. The topological polar surface area (TPSA) is 107 Å². The van der Waals surface area contributed by atoms with Crippen molar-refractivity contribution in [1.29, 1.82) is 0 Å². The third-order valence-electron chi connectivity index (χ3n) is 6.07. The predicted molar refractivity (Wildman–Crippen MR) is 130 cm³/mol. The highest BCUT2D eigenvalue weighted by Gasteiger charge is 2.26. The fourth-order valence-electron chi connectivity index (χ4n) is 4.28. The zero-order valence-electron chi connectivity index (χ0n) is 19.9. The molecule has 0 aliphatic carbocycles. The van der Waals surface area contributed by atoms with E-state index in [4.69, 9.17) is 18.6 Å². The van der Waals surface area contributed by atoms with E-state index in [2.05, 4.69) is 5.32 Å². The Morgan fingerprint density at radius 1 is 1.03 bits per heavy atom. The van der Waals surface area contributed by atoms with Gasteiger partial charge in [0.2, 0.25) is 12.7 Å². The lowest BCUT2D eigenvalue weighted by molar-refractivity contribution is -0.144. The predicted octanol–water partition coefficient (Wildman–Crippen LogP) is 4.16. The third kappa shape index (κ3) is 5.05. The number of fused-ring (bicyclic) bond motifs is 2. The molecule has 5 rings (SSSR count). The van der Waals surface area contributed by atoms with Crippen LogP contribution in [0.25, 0.3) is 11.3 Å². The molecule has 1 aromatic heterocycles. The molecule has 0 spiro atoms. The number of hydrogen-bond acceptors (Lipinski definition) is 7. The number of hydrogen-bond donors (Lipinski definition) is 1. The Morgan fingerprint density at radius 3 is 2.75 bits per heavy atom. The Bertz CT molecular complexity index is 1310. The van der Waals surface area contributed by atoms with Crippen LogP contribution in [0, 0.1) is 0 Å². The van der Waals surface area contributed by atoms with Gasteiger partial charge in [-0.2, -0.15) is 0 Å². The molecular weight excluding hydrogens is 464 g/mol. The molecule has 0 bridgehead atoms. The first kappa shape index (κ1) is 23.5. The summed E-state index contributed by atoms with van der Waals surface area (Å²) in [5.74, 6) is 2.00.